The van der Waals surface area contributed by atoms with Crippen LogP contribution >= 0.6 is 0 Å². The minimum atomic E-state index is -0.489. The number of fused-ring (bicyclic) bond motifs is 1. The normalized spacial score (nSPS) is 15.6. The number of aliphatic hydroxyl groups is 1. The van der Waals surface area contributed by atoms with Crippen LogP contribution in [-0.2, 0) is 13.1 Å². The molecule has 0 fully saturated rings. The number of anilines is 1. The number of aromatic nitrogens is 1. The van der Waals surface area contributed by atoms with Gasteiger partial charge in [-0.25, -0.2) is 4.98 Å². The van der Waals surface area contributed by atoms with Crippen LogP contribution in [0.2, 0.25) is 0 Å². The minimum Gasteiger partial charge on any atom is -0.389 e. The molecule has 0 aliphatic carbocycles. The fourth-order valence-corrected chi connectivity index (χ4v) is 2.48. The van der Waals surface area contributed by atoms with Gasteiger partial charge in [0.15, 0.2) is 0 Å². The van der Waals surface area contributed by atoms with Crippen LogP contribution in [0.3, 0.4) is 0 Å². The van der Waals surface area contributed by atoms with Crippen molar-refractivity contribution in [3.05, 3.63) is 59.3 Å². The third kappa shape index (κ3) is 1.87. The monoisotopic (exact) mass is 240 g/mol. The largest absolute Gasteiger partial charge is 0.389 e. The van der Waals surface area contributed by atoms with Crippen LogP contribution in [0.25, 0.3) is 0 Å². The molecule has 1 atom stereocenters. The molecule has 18 heavy (non-hydrogen) atoms. The summed E-state index contributed by atoms with van der Waals surface area (Å²) in [5, 5.41) is 9.82. The van der Waals surface area contributed by atoms with Crippen LogP contribution in [0.15, 0.2) is 42.6 Å². The summed E-state index contributed by atoms with van der Waals surface area (Å²) in [4.78, 5) is 6.65. The molecule has 0 saturated heterocycles. The lowest BCUT2D eigenvalue weighted by Gasteiger charge is -2.21. The SMILES string of the molecule is CC(O)c1cccnc1N1Cc2ccccc2C1. The van der Waals surface area contributed by atoms with Crippen LogP contribution in [0.1, 0.15) is 29.7 Å². The van der Waals surface area contributed by atoms with Gasteiger partial charge in [0.25, 0.3) is 0 Å². The Bertz CT molecular complexity index is 541. The van der Waals surface area contributed by atoms with Gasteiger partial charge in [0, 0.05) is 24.8 Å². The third-order valence-corrected chi connectivity index (χ3v) is 3.41. The number of benzene rings is 1. The second kappa shape index (κ2) is 4.42. The smallest absolute Gasteiger partial charge is 0.134 e. The Balaban J connectivity index is 1.95. The van der Waals surface area contributed by atoms with Crippen molar-refractivity contribution >= 4 is 5.82 Å². The first-order valence-corrected chi connectivity index (χ1v) is 6.20. The van der Waals surface area contributed by atoms with Gasteiger partial charge in [0.05, 0.1) is 6.10 Å². The van der Waals surface area contributed by atoms with E-state index in [0.29, 0.717) is 0 Å². The van der Waals surface area contributed by atoms with E-state index in [0.717, 1.165) is 24.5 Å². The fraction of sp³-hybridized carbons (Fsp3) is 0.267. The van der Waals surface area contributed by atoms with Crippen LogP contribution in [-0.4, -0.2) is 10.1 Å². The summed E-state index contributed by atoms with van der Waals surface area (Å²) in [5.74, 6) is 0.892. The zero-order chi connectivity index (χ0) is 12.5. The van der Waals surface area contributed by atoms with Crippen molar-refractivity contribution in [1.82, 2.24) is 4.98 Å². The van der Waals surface area contributed by atoms with Gasteiger partial charge in [-0.15, -0.1) is 0 Å². The van der Waals surface area contributed by atoms with Crippen LogP contribution in [0.5, 0.6) is 0 Å². The Morgan fingerprint density at radius 2 is 1.78 bits per heavy atom. The van der Waals surface area contributed by atoms with E-state index in [1.165, 1.54) is 11.1 Å². The zero-order valence-electron chi connectivity index (χ0n) is 10.4. The summed E-state index contributed by atoms with van der Waals surface area (Å²) >= 11 is 0. The molecule has 0 radical (unpaired) electrons. The van der Waals surface area contributed by atoms with Gasteiger partial charge in [-0.3, -0.25) is 0 Å². The second-order valence-corrected chi connectivity index (χ2v) is 4.72. The topological polar surface area (TPSA) is 36.4 Å². The van der Waals surface area contributed by atoms with E-state index in [2.05, 4.69) is 34.1 Å². The standard InChI is InChI=1S/C15H16N2O/c1-11(18)14-7-4-8-16-15(14)17-9-12-5-2-3-6-13(12)10-17/h2-8,11,18H,9-10H2,1H3. The average molecular weight is 240 g/mol. The lowest BCUT2D eigenvalue weighted by Crippen LogP contribution is -2.18. The van der Waals surface area contributed by atoms with Crippen molar-refractivity contribution < 1.29 is 5.11 Å². The number of pyridine rings is 1. The lowest BCUT2D eigenvalue weighted by molar-refractivity contribution is 0.199. The first-order chi connectivity index (χ1) is 8.75. The molecular weight excluding hydrogens is 224 g/mol. The molecule has 1 aromatic carbocycles. The quantitative estimate of drug-likeness (QED) is 0.876. The molecule has 1 aromatic heterocycles. The van der Waals surface area contributed by atoms with E-state index in [1.807, 2.05) is 12.1 Å². The molecule has 92 valence electrons. The highest BCUT2D eigenvalue weighted by Gasteiger charge is 2.22. The summed E-state index contributed by atoms with van der Waals surface area (Å²) in [7, 11) is 0. The summed E-state index contributed by atoms with van der Waals surface area (Å²) in [5.41, 5.74) is 3.59. The van der Waals surface area contributed by atoms with Crippen molar-refractivity contribution in [2.75, 3.05) is 4.90 Å². The summed E-state index contributed by atoms with van der Waals surface area (Å²) in [6.07, 6.45) is 1.29. The van der Waals surface area contributed by atoms with Crippen LogP contribution in [0.4, 0.5) is 5.82 Å². The molecule has 3 heteroatoms. The molecule has 0 spiro atoms. The van der Waals surface area contributed by atoms with Crippen LogP contribution in [0, 0.1) is 0 Å². The second-order valence-electron chi connectivity index (χ2n) is 4.72. The molecule has 1 N–H and O–H groups in total. The summed E-state index contributed by atoms with van der Waals surface area (Å²) in [6, 6.07) is 12.2. The van der Waals surface area contributed by atoms with Gasteiger partial charge in [-0.05, 0) is 24.1 Å². The van der Waals surface area contributed by atoms with Crippen molar-refractivity contribution in [3.63, 3.8) is 0 Å². The van der Waals surface area contributed by atoms with Crippen molar-refractivity contribution in [2.24, 2.45) is 0 Å². The number of aliphatic hydroxyl groups excluding tert-OH is 1. The number of hydrogen-bond acceptors (Lipinski definition) is 3. The van der Waals surface area contributed by atoms with Gasteiger partial charge < -0.3 is 10.0 Å². The molecule has 1 unspecified atom stereocenters. The lowest BCUT2D eigenvalue weighted by atomic mass is 10.1. The first kappa shape index (κ1) is 11.2. The number of hydrogen-bond donors (Lipinski definition) is 1. The number of rotatable bonds is 2. The molecule has 1 aliphatic heterocycles. The Morgan fingerprint density at radius 3 is 2.39 bits per heavy atom. The highest BCUT2D eigenvalue weighted by Crippen LogP contribution is 2.31. The van der Waals surface area contributed by atoms with E-state index in [1.54, 1.807) is 13.1 Å². The summed E-state index contributed by atoms with van der Waals surface area (Å²) in [6.45, 7) is 3.52. The first-order valence-electron chi connectivity index (χ1n) is 6.20. The molecule has 0 saturated carbocycles. The van der Waals surface area contributed by atoms with Gasteiger partial charge in [0.1, 0.15) is 5.82 Å². The Kier molecular flexibility index (Phi) is 2.76. The van der Waals surface area contributed by atoms with Gasteiger partial charge in [-0.1, -0.05) is 30.3 Å². The molecule has 2 heterocycles. The fourth-order valence-electron chi connectivity index (χ4n) is 2.48. The van der Waals surface area contributed by atoms with Crippen LogP contribution < -0.4 is 4.90 Å². The predicted octanol–water partition coefficient (Wildman–Crippen LogP) is 2.66. The van der Waals surface area contributed by atoms with E-state index in [-0.39, 0.29) is 0 Å². The highest BCUT2D eigenvalue weighted by atomic mass is 16.3. The number of nitrogens with zero attached hydrogens (tertiary/aromatic N) is 2. The maximum absolute atomic E-state index is 9.82. The van der Waals surface area contributed by atoms with Gasteiger partial charge in [0.2, 0.25) is 0 Å². The Morgan fingerprint density at radius 1 is 1.11 bits per heavy atom. The maximum Gasteiger partial charge on any atom is 0.134 e. The van der Waals surface area contributed by atoms with Crippen molar-refractivity contribution in [3.8, 4) is 0 Å². The van der Waals surface area contributed by atoms with Crippen molar-refractivity contribution in [1.29, 1.82) is 0 Å². The van der Waals surface area contributed by atoms with E-state index >= 15 is 0 Å². The van der Waals surface area contributed by atoms with E-state index in [9.17, 15) is 5.11 Å². The maximum atomic E-state index is 9.82. The molecule has 2 aromatic rings. The van der Waals surface area contributed by atoms with Gasteiger partial charge >= 0.3 is 0 Å². The molecule has 0 bridgehead atoms. The molecule has 3 nitrogen and oxygen atoms in total. The van der Waals surface area contributed by atoms with E-state index < -0.39 is 6.10 Å². The van der Waals surface area contributed by atoms with E-state index in [4.69, 9.17) is 0 Å². The van der Waals surface area contributed by atoms with Gasteiger partial charge in [-0.2, -0.15) is 0 Å². The molecule has 3 rings (SSSR count). The molecule has 1 aliphatic rings. The highest BCUT2D eigenvalue weighted by molar-refractivity contribution is 5.52. The van der Waals surface area contributed by atoms with Crippen molar-refractivity contribution in [2.45, 2.75) is 26.1 Å². The summed E-state index contributed by atoms with van der Waals surface area (Å²) < 4.78 is 0. The molecule has 0 amide bonds. The Labute approximate surface area is 107 Å². The Hall–Kier alpha value is -1.87. The molecular formula is C15H16N2O. The third-order valence-electron chi connectivity index (χ3n) is 3.41. The minimum absolute atomic E-state index is 0.489. The predicted molar refractivity (Wildman–Crippen MR) is 71.2 cm³/mol. The zero-order valence-corrected chi connectivity index (χ0v) is 10.4. The average Bonchev–Trinajstić information content (AvgIpc) is 2.82.